The maximum atomic E-state index is 8.74. The second-order valence-corrected chi connectivity index (χ2v) is 4.40. The second kappa shape index (κ2) is 6.43. The largest absolute Gasteiger partial charge is 0.399 e. The van der Waals surface area contributed by atoms with Crippen molar-refractivity contribution in [1.29, 1.82) is 0 Å². The van der Waals surface area contributed by atoms with E-state index in [0.717, 1.165) is 17.8 Å². The fraction of sp³-hybridized carbons (Fsp3) is 0.400. The maximum absolute atomic E-state index is 8.74. The van der Waals surface area contributed by atoms with Gasteiger partial charge in [-0.25, -0.2) is 0 Å². The summed E-state index contributed by atoms with van der Waals surface area (Å²) in [7, 11) is -2.59. The molecule has 6 nitrogen and oxygen atoms in total. The number of nitrogens with zero attached hydrogens (tertiary/aromatic N) is 1. The van der Waals surface area contributed by atoms with Gasteiger partial charge in [0.25, 0.3) is 0 Å². The van der Waals surface area contributed by atoms with Gasteiger partial charge in [0.1, 0.15) is 0 Å². The number of aryl methyl sites for hydroxylation is 1. The molecule has 0 amide bonds. The summed E-state index contributed by atoms with van der Waals surface area (Å²) in [6.07, 6.45) is 0. The third kappa shape index (κ3) is 7.56. The minimum Gasteiger partial charge on any atom is -0.399 e. The van der Waals surface area contributed by atoms with Crippen molar-refractivity contribution in [1.82, 2.24) is 0 Å². The molecule has 0 heterocycles. The molecule has 98 valence electrons. The number of hydrogen-bond acceptors (Lipinski definition) is 4. The topological polar surface area (TPSA) is 104 Å². The molecule has 1 aromatic rings. The molecule has 0 fully saturated rings. The molecular formula is C10H18N2O4S. The zero-order valence-electron chi connectivity index (χ0n) is 10.1. The predicted octanol–water partition coefficient (Wildman–Crippen LogP) is 1.38. The zero-order valence-corrected chi connectivity index (χ0v) is 10.9. The van der Waals surface area contributed by atoms with Crippen LogP contribution in [0.15, 0.2) is 18.2 Å². The molecule has 0 saturated carbocycles. The molecule has 0 saturated heterocycles. The van der Waals surface area contributed by atoms with Crippen LogP contribution in [0.3, 0.4) is 0 Å². The Morgan fingerprint density at radius 3 is 2.18 bits per heavy atom. The quantitative estimate of drug-likeness (QED) is 0.549. The van der Waals surface area contributed by atoms with E-state index >= 15 is 0 Å². The summed E-state index contributed by atoms with van der Waals surface area (Å²) >= 11 is 0. The van der Waals surface area contributed by atoms with Gasteiger partial charge in [-0.3, -0.25) is 9.11 Å². The highest BCUT2D eigenvalue weighted by atomic mass is 32.3. The van der Waals surface area contributed by atoms with Crippen LogP contribution in [0.5, 0.6) is 0 Å². The molecule has 0 atom stereocenters. The van der Waals surface area contributed by atoms with Crippen LogP contribution in [-0.2, 0) is 10.4 Å². The monoisotopic (exact) mass is 262 g/mol. The molecule has 0 aliphatic heterocycles. The van der Waals surface area contributed by atoms with E-state index in [-0.39, 0.29) is 0 Å². The lowest BCUT2D eigenvalue weighted by Gasteiger charge is -2.17. The van der Waals surface area contributed by atoms with E-state index in [4.69, 9.17) is 23.3 Å². The number of nitrogen functional groups attached to an aromatic ring is 1. The van der Waals surface area contributed by atoms with Crippen LogP contribution in [0.25, 0.3) is 0 Å². The summed E-state index contributed by atoms with van der Waals surface area (Å²) in [6, 6.07) is 6.11. The number of anilines is 2. The SMILES string of the molecule is CCN(C)c1ccc(N)c(C)c1.O=S(=O)(O)O. The number of rotatable bonds is 2. The van der Waals surface area contributed by atoms with Crippen LogP contribution < -0.4 is 10.6 Å². The average Bonchev–Trinajstić information content (AvgIpc) is 2.18. The van der Waals surface area contributed by atoms with Crippen molar-refractivity contribution in [2.75, 3.05) is 24.2 Å². The lowest BCUT2D eigenvalue weighted by molar-refractivity contribution is 0.381. The second-order valence-electron chi connectivity index (χ2n) is 3.50. The summed E-state index contributed by atoms with van der Waals surface area (Å²) in [5.41, 5.74) is 8.95. The first-order valence-electron chi connectivity index (χ1n) is 4.92. The summed E-state index contributed by atoms with van der Waals surface area (Å²) in [6.45, 7) is 5.18. The Kier molecular flexibility index (Phi) is 5.94. The molecule has 0 radical (unpaired) electrons. The van der Waals surface area contributed by atoms with E-state index in [1.54, 1.807) is 0 Å². The van der Waals surface area contributed by atoms with E-state index in [1.807, 2.05) is 19.1 Å². The molecule has 0 bridgehead atoms. The van der Waals surface area contributed by atoms with Gasteiger partial charge in [-0.1, -0.05) is 0 Å². The van der Waals surface area contributed by atoms with Crippen molar-refractivity contribution in [3.8, 4) is 0 Å². The molecule has 0 unspecified atom stereocenters. The lowest BCUT2D eigenvalue weighted by Crippen LogP contribution is -2.15. The summed E-state index contributed by atoms with van der Waals surface area (Å²) in [5.74, 6) is 0. The van der Waals surface area contributed by atoms with Gasteiger partial charge in [0.05, 0.1) is 0 Å². The molecule has 1 rings (SSSR count). The molecule has 0 aromatic heterocycles. The average molecular weight is 262 g/mol. The van der Waals surface area contributed by atoms with Crippen molar-refractivity contribution in [2.24, 2.45) is 0 Å². The van der Waals surface area contributed by atoms with Crippen LogP contribution in [0.4, 0.5) is 11.4 Å². The highest BCUT2D eigenvalue weighted by Crippen LogP contribution is 2.18. The molecule has 0 aliphatic carbocycles. The van der Waals surface area contributed by atoms with E-state index in [0.29, 0.717) is 0 Å². The predicted molar refractivity (Wildman–Crippen MR) is 68.7 cm³/mol. The molecular weight excluding hydrogens is 244 g/mol. The highest BCUT2D eigenvalue weighted by molar-refractivity contribution is 7.79. The molecule has 17 heavy (non-hydrogen) atoms. The summed E-state index contributed by atoms with van der Waals surface area (Å²) in [4.78, 5) is 2.19. The number of hydrogen-bond donors (Lipinski definition) is 3. The Morgan fingerprint density at radius 2 is 1.82 bits per heavy atom. The van der Waals surface area contributed by atoms with Crippen LogP contribution >= 0.6 is 0 Å². The van der Waals surface area contributed by atoms with Gasteiger partial charge < -0.3 is 10.6 Å². The first-order chi connectivity index (χ1) is 7.65. The Hall–Kier alpha value is -1.31. The summed E-state index contributed by atoms with van der Waals surface area (Å²) in [5, 5.41) is 0. The zero-order chi connectivity index (χ0) is 13.6. The van der Waals surface area contributed by atoms with Crippen LogP contribution in [0.2, 0.25) is 0 Å². The molecule has 0 aliphatic rings. The van der Waals surface area contributed by atoms with Crippen LogP contribution in [-0.4, -0.2) is 31.1 Å². The van der Waals surface area contributed by atoms with Crippen molar-refractivity contribution in [2.45, 2.75) is 13.8 Å². The van der Waals surface area contributed by atoms with E-state index in [9.17, 15) is 0 Å². The van der Waals surface area contributed by atoms with Crippen molar-refractivity contribution in [3.63, 3.8) is 0 Å². The lowest BCUT2D eigenvalue weighted by atomic mass is 10.2. The minimum absolute atomic E-state index is 0.864. The molecule has 7 heteroatoms. The van der Waals surface area contributed by atoms with Crippen LogP contribution in [0.1, 0.15) is 12.5 Å². The van der Waals surface area contributed by atoms with Gasteiger partial charge in [0, 0.05) is 25.0 Å². The Bertz CT molecular complexity index is 451. The van der Waals surface area contributed by atoms with Gasteiger partial charge >= 0.3 is 10.4 Å². The van der Waals surface area contributed by atoms with Gasteiger partial charge in [-0.05, 0) is 37.6 Å². The van der Waals surface area contributed by atoms with E-state index < -0.39 is 10.4 Å². The number of nitrogens with two attached hydrogens (primary N) is 1. The van der Waals surface area contributed by atoms with Crippen molar-refractivity contribution >= 4 is 21.8 Å². The third-order valence-electron chi connectivity index (χ3n) is 2.17. The Morgan fingerprint density at radius 1 is 1.35 bits per heavy atom. The van der Waals surface area contributed by atoms with Crippen molar-refractivity contribution in [3.05, 3.63) is 23.8 Å². The maximum Gasteiger partial charge on any atom is 0.394 e. The van der Waals surface area contributed by atoms with Gasteiger partial charge in [-0.15, -0.1) is 0 Å². The van der Waals surface area contributed by atoms with E-state index in [1.165, 1.54) is 5.69 Å². The highest BCUT2D eigenvalue weighted by Gasteiger charge is 1.99. The Balaban J connectivity index is 0.000000437. The van der Waals surface area contributed by atoms with E-state index in [2.05, 4.69) is 24.9 Å². The number of benzene rings is 1. The fourth-order valence-electron chi connectivity index (χ4n) is 1.08. The van der Waals surface area contributed by atoms with Crippen molar-refractivity contribution < 1.29 is 17.5 Å². The molecule has 0 spiro atoms. The Labute approximate surface area is 102 Å². The minimum atomic E-state index is -4.67. The summed E-state index contributed by atoms with van der Waals surface area (Å²) < 4.78 is 31.6. The smallest absolute Gasteiger partial charge is 0.394 e. The third-order valence-corrected chi connectivity index (χ3v) is 2.17. The van der Waals surface area contributed by atoms with Gasteiger partial charge in [0.15, 0.2) is 0 Å². The van der Waals surface area contributed by atoms with Gasteiger partial charge in [-0.2, -0.15) is 8.42 Å². The van der Waals surface area contributed by atoms with Crippen LogP contribution in [0, 0.1) is 6.92 Å². The molecule has 4 N–H and O–H groups in total. The first-order valence-corrected chi connectivity index (χ1v) is 6.32. The van der Waals surface area contributed by atoms with Gasteiger partial charge in [0.2, 0.25) is 0 Å². The molecule has 1 aromatic carbocycles. The first kappa shape index (κ1) is 15.7. The normalized spacial score (nSPS) is 10.4. The standard InChI is InChI=1S/C10H16N2.H2O4S/c1-4-12(3)9-5-6-10(11)8(2)7-9;1-5(2,3)4/h5-7H,4,11H2,1-3H3;(H2,1,2,3,4). The fourth-order valence-corrected chi connectivity index (χ4v) is 1.08.